The summed E-state index contributed by atoms with van der Waals surface area (Å²) in [5, 5.41) is 1.85. The molecule has 1 aromatic carbocycles. The molecule has 0 radical (unpaired) electrons. The molecule has 0 N–H and O–H groups in total. The van der Waals surface area contributed by atoms with Crippen molar-refractivity contribution in [3.8, 4) is 0 Å². The van der Waals surface area contributed by atoms with E-state index in [-0.39, 0.29) is 17.9 Å². The fourth-order valence-electron chi connectivity index (χ4n) is 2.45. The first-order chi connectivity index (χ1) is 9.27. The molecular formula is C15H13NO2S. The Morgan fingerprint density at radius 1 is 1.16 bits per heavy atom. The Labute approximate surface area is 115 Å². The van der Waals surface area contributed by atoms with E-state index in [0.29, 0.717) is 17.7 Å². The molecule has 1 unspecified atom stereocenters. The second-order valence-electron chi connectivity index (χ2n) is 4.51. The van der Waals surface area contributed by atoms with E-state index in [9.17, 15) is 9.59 Å². The smallest absolute Gasteiger partial charge is 0.271 e. The van der Waals surface area contributed by atoms with Crippen molar-refractivity contribution in [2.75, 3.05) is 0 Å². The average molecular weight is 271 g/mol. The van der Waals surface area contributed by atoms with Gasteiger partial charge in [0.2, 0.25) is 5.91 Å². The predicted molar refractivity (Wildman–Crippen MR) is 73.9 cm³/mol. The zero-order valence-corrected chi connectivity index (χ0v) is 11.1. The van der Waals surface area contributed by atoms with E-state index in [1.54, 1.807) is 6.07 Å². The Kier molecular flexibility index (Phi) is 3.17. The molecule has 19 heavy (non-hydrogen) atoms. The Morgan fingerprint density at radius 2 is 1.95 bits per heavy atom. The molecule has 0 spiro atoms. The van der Waals surface area contributed by atoms with Crippen molar-refractivity contribution in [2.45, 2.75) is 18.9 Å². The number of carbonyl (C=O) groups excluding carboxylic acids is 2. The van der Waals surface area contributed by atoms with Gasteiger partial charge < -0.3 is 0 Å². The third kappa shape index (κ3) is 2.19. The van der Waals surface area contributed by atoms with Crippen LogP contribution in [0.4, 0.5) is 0 Å². The number of thiophene rings is 1. The highest BCUT2D eigenvalue weighted by molar-refractivity contribution is 7.12. The number of benzene rings is 1. The van der Waals surface area contributed by atoms with Crippen LogP contribution in [0.3, 0.4) is 0 Å². The SMILES string of the molecule is O=C1CCC(c2ccccc2)N1C(=O)c1cccs1. The Morgan fingerprint density at radius 3 is 2.63 bits per heavy atom. The van der Waals surface area contributed by atoms with Gasteiger partial charge in [-0.25, -0.2) is 0 Å². The van der Waals surface area contributed by atoms with Crippen LogP contribution in [0.2, 0.25) is 0 Å². The number of amides is 2. The van der Waals surface area contributed by atoms with Crippen molar-refractivity contribution in [3.63, 3.8) is 0 Å². The monoisotopic (exact) mass is 271 g/mol. The summed E-state index contributed by atoms with van der Waals surface area (Å²) in [7, 11) is 0. The van der Waals surface area contributed by atoms with Crippen LogP contribution in [0.5, 0.6) is 0 Å². The average Bonchev–Trinajstić information content (AvgIpc) is 3.08. The molecule has 1 aliphatic heterocycles. The predicted octanol–water partition coefficient (Wildman–Crippen LogP) is 3.25. The summed E-state index contributed by atoms with van der Waals surface area (Å²) in [4.78, 5) is 26.5. The molecule has 2 amide bonds. The van der Waals surface area contributed by atoms with E-state index in [0.717, 1.165) is 5.56 Å². The Hall–Kier alpha value is -1.94. The molecule has 2 heterocycles. The van der Waals surface area contributed by atoms with Crippen LogP contribution in [0.1, 0.15) is 34.1 Å². The number of hydrogen-bond acceptors (Lipinski definition) is 3. The molecule has 1 fully saturated rings. The van der Waals surface area contributed by atoms with Gasteiger partial charge in [0.25, 0.3) is 5.91 Å². The van der Waals surface area contributed by atoms with Gasteiger partial charge in [0.1, 0.15) is 0 Å². The third-order valence-corrected chi connectivity index (χ3v) is 4.20. The van der Waals surface area contributed by atoms with Crippen LogP contribution in [-0.2, 0) is 4.79 Å². The van der Waals surface area contributed by atoms with Gasteiger partial charge in [-0.1, -0.05) is 36.4 Å². The minimum absolute atomic E-state index is 0.0766. The largest absolute Gasteiger partial charge is 0.274 e. The molecule has 2 aromatic rings. The number of hydrogen-bond donors (Lipinski definition) is 0. The highest BCUT2D eigenvalue weighted by Gasteiger charge is 2.37. The molecule has 0 saturated carbocycles. The zero-order chi connectivity index (χ0) is 13.2. The van der Waals surface area contributed by atoms with Gasteiger partial charge in [-0.15, -0.1) is 11.3 Å². The highest BCUT2D eigenvalue weighted by Crippen LogP contribution is 2.34. The lowest BCUT2D eigenvalue weighted by atomic mass is 10.0. The first kappa shape index (κ1) is 12.1. The van der Waals surface area contributed by atoms with Gasteiger partial charge >= 0.3 is 0 Å². The van der Waals surface area contributed by atoms with E-state index in [1.807, 2.05) is 41.8 Å². The van der Waals surface area contributed by atoms with E-state index in [1.165, 1.54) is 16.2 Å². The zero-order valence-electron chi connectivity index (χ0n) is 10.3. The molecule has 96 valence electrons. The van der Waals surface area contributed by atoms with E-state index in [4.69, 9.17) is 0 Å². The van der Waals surface area contributed by atoms with Crippen molar-refractivity contribution in [1.29, 1.82) is 0 Å². The first-order valence-corrected chi connectivity index (χ1v) is 7.10. The molecule has 3 rings (SSSR count). The molecule has 3 nitrogen and oxygen atoms in total. The molecule has 0 aliphatic carbocycles. The molecule has 0 bridgehead atoms. The van der Waals surface area contributed by atoms with Crippen LogP contribution >= 0.6 is 11.3 Å². The maximum atomic E-state index is 12.4. The molecule has 1 aliphatic rings. The Bertz CT molecular complexity index is 592. The van der Waals surface area contributed by atoms with Crippen molar-refractivity contribution in [2.24, 2.45) is 0 Å². The van der Waals surface area contributed by atoms with Gasteiger partial charge in [0.05, 0.1) is 10.9 Å². The summed E-state index contributed by atoms with van der Waals surface area (Å²) >= 11 is 1.37. The molecule has 1 aromatic heterocycles. The second kappa shape index (κ2) is 4.97. The van der Waals surface area contributed by atoms with E-state index in [2.05, 4.69) is 0 Å². The van der Waals surface area contributed by atoms with Crippen molar-refractivity contribution in [3.05, 3.63) is 58.3 Å². The standard InChI is InChI=1S/C15H13NO2S/c17-14-9-8-12(11-5-2-1-3-6-11)16(14)15(18)13-7-4-10-19-13/h1-7,10,12H,8-9H2. The van der Waals surface area contributed by atoms with E-state index < -0.39 is 0 Å². The van der Waals surface area contributed by atoms with Gasteiger partial charge in [-0.2, -0.15) is 0 Å². The summed E-state index contributed by atoms with van der Waals surface area (Å²) in [6.07, 6.45) is 1.15. The van der Waals surface area contributed by atoms with Crippen molar-refractivity contribution >= 4 is 23.2 Å². The van der Waals surface area contributed by atoms with Crippen molar-refractivity contribution < 1.29 is 9.59 Å². The van der Waals surface area contributed by atoms with Crippen molar-refractivity contribution in [1.82, 2.24) is 4.90 Å². The van der Waals surface area contributed by atoms with Crippen LogP contribution < -0.4 is 0 Å². The summed E-state index contributed by atoms with van der Waals surface area (Å²) in [6.45, 7) is 0. The fourth-order valence-corrected chi connectivity index (χ4v) is 3.11. The summed E-state index contributed by atoms with van der Waals surface area (Å²) in [6, 6.07) is 13.2. The quantitative estimate of drug-likeness (QED) is 0.786. The lowest BCUT2D eigenvalue weighted by Gasteiger charge is -2.22. The Balaban J connectivity index is 1.93. The molecular weight excluding hydrogens is 258 g/mol. The van der Waals surface area contributed by atoms with Crippen LogP contribution in [0, 0.1) is 0 Å². The fraction of sp³-hybridized carbons (Fsp3) is 0.200. The van der Waals surface area contributed by atoms with Crippen LogP contribution in [0.15, 0.2) is 47.8 Å². The van der Waals surface area contributed by atoms with Crippen LogP contribution in [-0.4, -0.2) is 16.7 Å². The third-order valence-electron chi connectivity index (χ3n) is 3.35. The minimum Gasteiger partial charge on any atom is -0.274 e. The maximum Gasteiger partial charge on any atom is 0.271 e. The normalized spacial score (nSPS) is 18.8. The number of imide groups is 1. The van der Waals surface area contributed by atoms with E-state index >= 15 is 0 Å². The van der Waals surface area contributed by atoms with Gasteiger partial charge in [0, 0.05) is 6.42 Å². The minimum atomic E-state index is -0.175. The molecule has 1 atom stereocenters. The molecule has 4 heteroatoms. The second-order valence-corrected chi connectivity index (χ2v) is 5.46. The number of nitrogens with zero attached hydrogens (tertiary/aromatic N) is 1. The summed E-state index contributed by atoms with van der Waals surface area (Å²) in [5.41, 5.74) is 1.03. The topological polar surface area (TPSA) is 37.4 Å². The van der Waals surface area contributed by atoms with Crippen LogP contribution in [0.25, 0.3) is 0 Å². The first-order valence-electron chi connectivity index (χ1n) is 6.22. The lowest BCUT2D eigenvalue weighted by Crippen LogP contribution is -2.33. The number of likely N-dealkylation sites (tertiary alicyclic amines) is 1. The van der Waals surface area contributed by atoms with Gasteiger partial charge in [0.15, 0.2) is 0 Å². The number of rotatable bonds is 2. The number of carbonyl (C=O) groups is 2. The highest BCUT2D eigenvalue weighted by atomic mass is 32.1. The lowest BCUT2D eigenvalue weighted by molar-refractivity contribution is -0.126. The summed E-state index contributed by atoms with van der Waals surface area (Å²) in [5.74, 6) is -0.251. The molecule has 1 saturated heterocycles. The van der Waals surface area contributed by atoms with Gasteiger partial charge in [-0.3, -0.25) is 14.5 Å². The summed E-state index contributed by atoms with van der Waals surface area (Å²) < 4.78 is 0. The maximum absolute atomic E-state index is 12.4. The van der Waals surface area contributed by atoms with Gasteiger partial charge in [-0.05, 0) is 23.4 Å².